The van der Waals surface area contributed by atoms with E-state index in [1.807, 2.05) is 0 Å². The molecule has 9 heteroatoms. The second-order valence-corrected chi connectivity index (χ2v) is 4.09. The third kappa shape index (κ3) is 2.75. The number of aromatic nitrogens is 2. The summed E-state index contributed by atoms with van der Waals surface area (Å²) in [7, 11) is 1.51. The number of nitrogens with zero attached hydrogens (tertiary/aromatic N) is 3. The Kier molecular flexibility index (Phi) is 3.94. The van der Waals surface area contributed by atoms with Gasteiger partial charge >= 0.3 is 5.69 Å². The van der Waals surface area contributed by atoms with Crippen molar-refractivity contribution >= 4 is 34.6 Å². The number of rotatable bonds is 4. The van der Waals surface area contributed by atoms with Crippen molar-refractivity contribution in [3.8, 4) is 0 Å². The molecule has 2 aromatic rings. The summed E-state index contributed by atoms with van der Waals surface area (Å²) in [6, 6.07) is 3.85. The van der Waals surface area contributed by atoms with Crippen molar-refractivity contribution in [1.82, 2.24) is 9.97 Å². The van der Waals surface area contributed by atoms with E-state index in [0.717, 1.165) is 6.07 Å². The molecule has 1 aromatic carbocycles. The molecule has 0 aliphatic carbocycles. The van der Waals surface area contributed by atoms with Crippen molar-refractivity contribution in [3.63, 3.8) is 0 Å². The van der Waals surface area contributed by atoms with Gasteiger partial charge in [-0.15, -0.1) is 0 Å². The Morgan fingerprint density at radius 2 is 2.05 bits per heavy atom. The zero-order valence-corrected chi connectivity index (χ0v) is 11.0. The number of halogens is 2. The van der Waals surface area contributed by atoms with E-state index in [2.05, 4.69) is 20.6 Å². The van der Waals surface area contributed by atoms with E-state index in [1.165, 1.54) is 25.5 Å². The van der Waals surface area contributed by atoms with Crippen LogP contribution in [-0.4, -0.2) is 21.9 Å². The van der Waals surface area contributed by atoms with Gasteiger partial charge in [0.15, 0.2) is 0 Å². The quantitative estimate of drug-likeness (QED) is 0.665. The van der Waals surface area contributed by atoms with Crippen LogP contribution < -0.4 is 10.6 Å². The number of nitro groups is 1. The van der Waals surface area contributed by atoms with Gasteiger partial charge in [0, 0.05) is 12.7 Å². The fourth-order valence-corrected chi connectivity index (χ4v) is 1.72. The van der Waals surface area contributed by atoms with Crippen LogP contribution in [0.4, 0.5) is 27.4 Å². The Bertz CT molecular complexity index is 667. The van der Waals surface area contributed by atoms with E-state index in [-0.39, 0.29) is 22.3 Å². The lowest BCUT2D eigenvalue weighted by atomic mass is 10.3. The van der Waals surface area contributed by atoms with Crippen molar-refractivity contribution in [2.75, 3.05) is 17.7 Å². The van der Waals surface area contributed by atoms with E-state index in [4.69, 9.17) is 11.6 Å². The summed E-state index contributed by atoms with van der Waals surface area (Å²) in [5, 5.41) is 16.3. The van der Waals surface area contributed by atoms with Crippen molar-refractivity contribution in [2.24, 2.45) is 0 Å². The zero-order chi connectivity index (χ0) is 14.7. The van der Waals surface area contributed by atoms with Gasteiger partial charge in [-0.2, -0.15) is 0 Å². The molecule has 0 saturated heterocycles. The number of hydrogen-bond acceptors (Lipinski definition) is 6. The summed E-state index contributed by atoms with van der Waals surface area (Å²) in [5.41, 5.74) is 0.0655. The largest absolute Gasteiger partial charge is 0.367 e. The third-order valence-corrected chi connectivity index (χ3v) is 2.71. The first-order valence-electron chi connectivity index (χ1n) is 5.42. The van der Waals surface area contributed by atoms with E-state index in [9.17, 15) is 14.5 Å². The maximum Gasteiger partial charge on any atom is 0.353 e. The van der Waals surface area contributed by atoms with Crippen molar-refractivity contribution in [2.45, 2.75) is 0 Å². The first-order chi connectivity index (χ1) is 9.52. The van der Waals surface area contributed by atoms with E-state index >= 15 is 0 Å². The summed E-state index contributed by atoms with van der Waals surface area (Å²) in [6.07, 6.45) is 1.17. The number of nitrogens with one attached hydrogen (secondary N) is 2. The number of hydrogen-bond donors (Lipinski definition) is 2. The molecule has 1 aromatic heterocycles. The number of anilines is 3. The second kappa shape index (κ2) is 5.66. The molecule has 0 aliphatic heterocycles. The highest BCUT2D eigenvalue weighted by Crippen LogP contribution is 2.31. The van der Waals surface area contributed by atoms with Crippen molar-refractivity contribution in [3.05, 3.63) is 45.5 Å². The van der Waals surface area contributed by atoms with Crippen molar-refractivity contribution < 1.29 is 9.31 Å². The molecule has 0 aliphatic rings. The summed E-state index contributed by atoms with van der Waals surface area (Å²) in [4.78, 5) is 18.0. The molecular weight excluding hydrogens is 289 g/mol. The number of benzene rings is 1. The lowest BCUT2D eigenvalue weighted by molar-refractivity contribution is -0.383. The van der Waals surface area contributed by atoms with Crippen LogP contribution in [0.25, 0.3) is 0 Å². The van der Waals surface area contributed by atoms with Crippen molar-refractivity contribution in [1.29, 1.82) is 0 Å². The molecule has 0 spiro atoms. The Hall–Kier alpha value is -2.48. The highest BCUT2D eigenvalue weighted by Gasteiger charge is 2.22. The maximum absolute atomic E-state index is 13.1. The molecule has 0 saturated carbocycles. The Morgan fingerprint density at radius 1 is 1.35 bits per heavy atom. The first kappa shape index (κ1) is 13.9. The smallest absolute Gasteiger partial charge is 0.353 e. The predicted molar refractivity (Wildman–Crippen MR) is 72.9 cm³/mol. The SMILES string of the molecule is CNc1ncnc(Nc2ccc(F)c(Cl)c2)c1[N+](=O)[O-]. The van der Waals surface area contributed by atoms with Gasteiger partial charge in [-0.05, 0) is 18.2 Å². The third-order valence-electron chi connectivity index (χ3n) is 2.42. The van der Waals surface area contributed by atoms with Crippen LogP contribution in [0.2, 0.25) is 5.02 Å². The fourth-order valence-electron chi connectivity index (χ4n) is 1.54. The lowest BCUT2D eigenvalue weighted by Gasteiger charge is -2.08. The minimum Gasteiger partial charge on any atom is -0.367 e. The van der Waals surface area contributed by atoms with Crippen LogP contribution in [0, 0.1) is 15.9 Å². The molecule has 0 amide bonds. The molecule has 0 bridgehead atoms. The molecule has 104 valence electrons. The van der Waals surface area contributed by atoms with Crippen LogP contribution in [-0.2, 0) is 0 Å². The van der Waals surface area contributed by atoms with Gasteiger partial charge in [-0.3, -0.25) is 10.1 Å². The van der Waals surface area contributed by atoms with Gasteiger partial charge in [-0.1, -0.05) is 11.6 Å². The average molecular weight is 298 g/mol. The van der Waals surface area contributed by atoms with Crippen LogP contribution in [0.1, 0.15) is 0 Å². The minimum atomic E-state index is -0.612. The highest BCUT2D eigenvalue weighted by molar-refractivity contribution is 6.31. The van der Waals surface area contributed by atoms with Gasteiger partial charge in [0.05, 0.1) is 9.95 Å². The fraction of sp³-hybridized carbons (Fsp3) is 0.0909. The molecule has 0 fully saturated rings. The van der Waals surface area contributed by atoms with Crippen LogP contribution in [0.3, 0.4) is 0 Å². The first-order valence-corrected chi connectivity index (χ1v) is 5.80. The topological polar surface area (TPSA) is 93.0 Å². The molecule has 0 radical (unpaired) electrons. The molecule has 0 atom stereocenters. The van der Waals surface area contributed by atoms with Gasteiger partial charge in [0.2, 0.25) is 11.6 Å². The Balaban J connectivity index is 2.42. The molecule has 20 heavy (non-hydrogen) atoms. The lowest BCUT2D eigenvalue weighted by Crippen LogP contribution is -2.05. The molecule has 2 N–H and O–H groups in total. The molecule has 1 heterocycles. The van der Waals surface area contributed by atoms with E-state index in [1.54, 1.807) is 0 Å². The normalized spacial score (nSPS) is 10.2. The Labute approximate surface area is 118 Å². The molecule has 7 nitrogen and oxygen atoms in total. The maximum atomic E-state index is 13.1. The van der Waals surface area contributed by atoms with Gasteiger partial charge in [0.25, 0.3) is 0 Å². The van der Waals surface area contributed by atoms with E-state index in [0.29, 0.717) is 5.69 Å². The monoisotopic (exact) mass is 297 g/mol. The molecule has 2 rings (SSSR count). The van der Waals surface area contributed by atoms with Gasteiger partial charge in [-0.25, -0.2) is 14.4 Å². The van der Waals surface area contributed by atoms with Gasteiger partial charge < -0.3 is 10.6 Å². The van der Waals surface area contributed by atoms with E-state index < -0.39 is 10.7 Å². The zero-order valence-electron chi connectivity index (χ0n) is 10.2. The summed E-state index contributed by atoms with van der Waals surface area (Å²) < 4.78 is 13.1. The Morgan fingerprint density at radius 3 is 2.65 bits per heavy atom. The summed E-state index contributed by atoms with van der Waals surface area (Å²) in [5.74, 6) is -0.525. The predicted octanol–water partition coefficient (Wildman–Crippen LogP) is 2.96. The molecular formula is C11H9ClFN5O2. The van der Waals surface area contributed by atoms with Crippen LogP contribution in [0.5, 0.6) is 0 Å². The minimum absolute atomic E-state index is 0.0166. The second-order valence-electron chi connectivity index (χ2n) is 3.68. The van der Waals surface area contributed by atoms with Crippen LogP contribution >= 0.6 is 11.6 Å². The average Bonchev–Trinajstić information content (AvgIpc) is 2.42. The summed E-state index contributed by atoms with van der Waals surface area (Å²) >= 11 is 5.65. The highest BCUT2D eigenvalue weighted by atomic mass is 35.5. The van der Waals surface area contributed by atoms with Gasteiger partial charge in [0.1, 0.15) is 12.1 Å². The van der Waals surface area contributed by atoms with Crippen LogP contribution in [0.15, 0.2) is 24.5 Å². The molecule has 0 unspecified atom stereocenters. The summed E-state index contributed by atoms with van der Waals surface area (Å²) in [6.45, 7) is 0. The standard InChI is InChI=1S/C11H9ClFN5O2/c1-14-10-9(18(19)20)11(16-5-15-10)17-6-2-3-8(13)7(12)4-6/h2-5H,1H3,(H2,14,15,16,17).